The van der Waals surface area contributed by atoms with Crippen LogP contribution in [-0.2, 0) is 0 Å². The van der Waals surface area contributed by atoms with E-state index in [0.717, 1.165) is 12.0 Å². The Hall–Kier alpha value is -1.75. The van der Waals surface area contributed by atoms with E-state index in [4.69, 9.17) is 0 Å². The van der Waals surface area contributed by atoms with Gasteiger partial charge in [0.2, 0.25) is 5.78 Å². The third-order valence-electron chi connectivity index (χ3n) is 2.50. The zero-order valence-corrected chi connectivity index (χ0v) is 9.72. The Morgan fingerprint density at radius 3 is 2.75 bits per heavy atom. The van der Waals surface area contributed by atoms with Crippen molar-refractivity contribution in [3.05, 3.63) is 39.1 Å². The average Bonchev–Trinajstić information content (AvgIpc) is 2.86. The summed E-state index contributed by atoms with van der Waals surface area (Å²) in [6.45, 7) is 3.54. The standard InChI is InChI=1S/C11H10N2O2S/c1-6-8(4-14)7(2)13-10(6)11(15)9-3-12-5-16-9/h3-5,13H,1-2H3. The molecular weight excluding hydrogens is 224 g/mol. The molecule has 0 atom stereocenters. The predicted molar refractivity (Wildman–Crippen MR) is 61.2 cm³/mol. The van der Waals surface area contributed by atoms with Gasteiger partial charge in [0, 0.05) is 17.5 Å². The summed E-state index contributed by atoms with van der Waals surface area (Å²) in [6, 6.07) is 0. The van der Waals surface area contributed by atoms with Gasteiger partial charge in [-0.15, -0.1) is 11.3 Å². The lowest BCUT2D eigenvalue weighted by Gasteiger charge is -1.95. The van der Waals surface area contributed by atoms with Crippen molar-refractivity contribution in [2.75, 3.05) is 0 Å². The number of aromatic amines is 1. The molecule has 0 saturated carbocycles. The molecule has 0 aliphatic carbocycles. The van der Waals surface area contributed by atoms with Gasteiger partial charge < -0.3 is 4.98 Å². The van der Waals surface area contributed by atoms with E-state index < -0.39 is 0 Å². The van der Waals surface area contributed by atoms with Gasteiger partial charge in [-0.1, -0.05) is 0 Å². The fraction of sp³-hybridized carbons (Fsp3) is 0.182. The molecule has 0 aliphatic heterocycles. The molecule has 2 rings (SSSR count). The van der Waals surface area contributed by atoms with Crippen LogP contribution >= 0.6 is 11.3 Å². The number of aromatic nitrogens is 2. The topological polar surface area (TPSA) is 62.8 Å². The second-order valence-electron chi connectivity index (χ2n) is 3.48. The Bertz CT molecular complexity index is 541. The summed E-state index contributed by atoms with van der Waals surface area (Å²) in [5.74, 6) is -0.115. The number of aldehydes is 1. The maximum absolute atomic E-state index is 12.0. The summed E-state index contributed by atoms with van der Waals surface area (Å²) in [6.07, 6.45) is 2.30. The Kier molecular flexibility index (Phi) is 2.70. The highest BCUT2D eigenvalue weighted by atomic mass is 32.1. The highest BCUT2D eigenvalue weighted by molar-refractivity contribution is 7.11. The van der Waals surface area contributed by atoms with Crippen LogP contribution in [0.3, 0.4) is 0 Å². The lowest BCUT2D eigenvalue weighted by Crippen LogP contribution is -2.01. The molecule has 0 radical (unpaired) electrons. The smallest absolute Gasteiger partial charge is 0.221 e. The van der Waals surface area contributed by atoms with E-state index in [1.165, 1.54) is 17.5 Å². The molecule has 0 unspecified atom stereocenters. The minimum absolute atomic E-state index is 0.115. The Labute approximate surface area is 96.3 Å². The summed E-state index contributed by atoms with van der Waals surface area (Å²) in [5.41, 5.74) is 4.07. The molecule has 0 aromatic carbocycles. The van der Waals surface area contributed by atoms with Gasteiger partial charge >= 0.3 is 0 Å². The third-order valence-corrected chi connectivity index (χ3v) is 3.27. The second-order valence-corrected chi connectivity index (χ2v) is 4.36. The molecule has 2 aromatic heterocycles. The minimum atomic E-state index is -0.115. The van der Waals surface area contributed by atoms with Crippen LogP contribution < -0.4 is 0 Å². The minimum Gasteiger partial charge on any atom is -0.355 e. The van der Waals surface area contributed by atoms with Gasteiger partial charge in [-0.2, -0.15) is 0 Å². The van der Waals surface area contributed by atoms with Crippen LogP contribution in [0, 0.1) is 13.8 Å². The van der Waals surface area contributed by atoms with Gasteiger partial charge in [-0.05, 0) is 19.4 Å². The Morgan fingerprint density at radius 2 is 2.25 bits per heavy atom. The first kappa shape index (κ1) is 10.8. The van der Waals surface area contributed by atoms with Crippen LogP contribution in [0.4, 0.5) is 0 Å². The van der Waals surface area contributed by atoms with Crippen LogP contribution in [0.1, 0.15) is 37.0 Å². The number of carbonyl (C=O) groups is 2. The highest BCUT2D eigenvalue weighted by Gasteiger charge is 2.19. The van der Waals surface area contributed by atoms with E-state index in [1.54, 1.807) is 19.4 Å². The number of nitrogens with one attached hydrogen (secondary N) is 1. The van der Waals surface area contributed by atoms with Crippen molar-refractivity contribution in [2.24, 2.45) is 0 Å². The van der Waals surface area contributed by atoms with Crippen molar-refractivity contribution in [2.45, 2.75) is 13.8 Å². The second kappa shape index (κ2) is 4.02. The van der Waals surface area contributed by atoms with Gasteiger partial charge in [0.15, 0.2) is 6.29 Å². The SMILES string of the molecule is Cc1[nH]c(C(=O)c2cncs2)c(C)c1C=O. The summed E-state index contributed by atoms with van der Waals surface area (Å²) in [4.78, 5) is 30.2. The Balaban J connectivity index is 2.50. The molecule has 82 valence electrons. The summed E-state index contributed by atoms with van der Waals surface area (Å²) >= 11 is 1.29. The number of rotatable bonds is 3. The van der Waals surface area contributed by atoms with Crippen molar-refractivity contribution in [1.82, 2.24) is 9.97 Å². The number of nitrogens with zero attached hydrogens (tertiary/aromatic N) is 1. The lowest BCUT2D eigenvalue weighted by molar-refractivity contribution is 0.103. The zero-order valence-electron chi connectivity index (χ0n) is 8.90. The van der Waals surface area contributed by atoms with E-state index in [9.17, 15) is 9.59 Å². The van der Waals surface area contributed by atoms with Crippen LogP contribution in [0.5, 0.6) is 0 Å². The highest BCUT2D eigenvalue weighted by Crippen LogP contribution is 2.20. The van der Waals surface area contributed by atoms with Crippen LogP contribution in [-0.4, -0.2) is 22.0 Å². The number of hydrogen-bond acceptors (Lipinski definition) is 4. The molecular formula is C11H10N2O2S. The molecule has 0 spiro atoms. The number of carbonyl (C=O) groups excluding carboxylic acids is 2. The first-order chi connectivity index (χ1) is 7.65. The van der Waals surface area contributed by atoms with E-state index in [1.807, 2.05) is 0 Å². The zero-order chi connectivity index (χ0) is 11.7. The van der Waals surface area contributed by atoms with Crippen molar-refractivity contribution in [1.29, 1.82) is 0 Å². The maximum Gasteiger partial charge on any atom is 0.221 e. The first-order valence-corrected chi connectivity index (χ1v) is 5.60. The molecule has 4 nitrogen and oxygen atoms in total. The van der Waals surface area contributed by atoms with E-state index in [2.05, 4.69) is 9.97 Å². The van der Waals surface area contributed by atoms with Crippen molar-refractivity contribution in [3.8, 4) is 0 Å². The first-order valence-electron chi connectivity index (χ1n) is 4.72. The summed E-state index contributed by atoms with van der Waals surface area (Å²) in [7, 11) is 0. The molecule has 5 heteroatoms. The average molecular weight is 234 g/mol. The van der Waals surface area contributed by atoms with E-state index >= 15 is 0 Å². The molecule has 2 heterocycles. The van der Waals surface area contributed by atoms with Crippen LogP contribution in [0.15, 0.2) is 11.7 Å². The molecule has 0 aliphatic rings. The summed E-state index contributed by atoms with van der Waals surface area (Å²) < 4.78 is 0. The van der Waals surface area contributed by atoms with Crippen LogP contribution in [0.25, 0.3) is 0 Å². The van der Waals surface area contributed by atoms with Gasteiger partial charge in [-0.25, -0.2) is 0 Å². The fourth-order valence-corrected chi connectivity index (χ4v) is 2.19. The normalized spacial score (nSPS) is 10.4. The predicted octanol–water partition coefficient (Wildman–Crippen LogP) is 2.13. The molecule has 1 N–H and O–H groups in total. The van der Waals surface area contributed by atoms with Crippen molar-refractivity contribution < 1.29 is 9.59 Å². The number of hydrogen-bond donors (Lipinski definition) is 1. The molecule has 0 fully saturated rings. The number of aryl methyl sites for hydroxylation is 1. The number of ketones is 1. The Morgan fingerprint density at radius 1 is 1.50 bits per heavy atom. The lowest BCUT2D eigenvalue weighted by atomic mass is 10.1. The molecule has 2 aromatic rings. The van der Waals surface area contributed by atoms with Gasteiger partial charge in [0.1, 0.15) is 0 Å². The van der Waals surface area contributed by atoms with E-state index in [-0.39, 0.29) is 5.78 Å². The molecule has 0 bridgehead atoms. The molecule has 0 saturated heterocycles. The number of thiazole rings is 1. The quantitative estimate of drug-likeness (QED) is 0.653. The largest absolute Gasteiger partial charge is 0.355 e. The van der Waals surface area contributed by atoms with E-state index in [0.29, 0.717) is 21.7 Å². The van der Waals surface area contributed by atoms with Gasteiger partial charge in [-0.3, -0.25) is 14.6 Å². The van der Waals surface area contributed by atoms with Crippen molar-refractivity contribution in [3.63, 3.8) is 0 Å². The van der Waals surface area contributed by atoms with Crippen LogP contribution in [0.2, 0.25) is 0 Å². The molecule has 0 amide bonds. The van der Waals surface area contributed by atoms with Gasteiger partial charge in [0.05, 0.1) is 16.1 Å². The monoisotopic (exact) mass is 234 g/mol. The number of H-pyrrole nitrogens is 1. The van der Waals surface area contributed by atoms with Crippen molar-refractivity contribution >= 4 is 23.4 Å². The fourth-order valence-electron chi connectivity index (χ4n) is 1.62. The summed E-state index contributed by atoms with van der Waals surface area (Å²) in [5, 5.41) is 0. The molecule has 16 heavy (non-hydrogen) atoms. The van der Waals surface area contributed by atoms with Gasteiger partial charge in [0.25, 0.3) is 0 Å². The maximum atomic E-state index is 12.0. The third kappa shape index (κ3) is 1.59.